The average molecular weight is 247 g/mol. The summed E-state index contributed by atoms with van der Waals surface area (Å²) in [5, 5.41) is 3.34. The molecule has 1 fully saturated rings. The molecule has 1 aromatic rings. The van der Waals surface area contributed by atoms with Gasteiger partial charge in [0.1, 0.15) is 0 Å². The summed E-state index contributed by atoms with van der Waals surface area (Å²) in [6.45, 7) is 7.90. The molecule has 1 N–H and O–H groups in total. The summed E-state index contributed by atoms with van der Waals surface area (Å²) in [7, 11) is 4.23. The minimum absolute atomic E-state index is 0.399. The second-order valence-corrected chi connectivity index (χ2v) is 5.34. The number of hydrogen-bond acceptors (Lipinski definition) is 3. The highest BCUT2D eigenvalue weighted by molar-refractivity contribution is 5.55. The smallest absolute Gasteiger partial charge is 0.0415 e. The maximum absolute atomic E-state index is 3.34. The number of nitrogens with zero attached hydrogens (tertiary/aromatic N) is 2. The SMILES string of the molecule is CNC(C)c1ccccc1N1CCN(C)C(C)C1. The summed E-state index contributed by atoms with van der Waals surface area (Å²) in [6.07, 6.45) is 0. The van der Waals surface area contributed by atoms with Gasteiger partial charge < -0.3 is 15.1 Å². The normalized spacial score (nSPS) is 23.1. The van der Waals surface area contributed by atoms with Crippen LogP contribution < -0.4 is 10.2 Å². The number of para-hydroxylation sites is 1. The molecular weight excluding hydrogens is 222 g/mol. The summed E-state index contributed by atoms with van der Waals surface area (Å²) in [5.74, 6) is 0. The van der Waals surface area contributed by atoms with Crippen LogP contribution in [0.15, 0.2) is 24.3 Å². The monoisotopic (exact) mass is 247 g/mol. The van der Waals surface area contributed by atoms with Gasteiger partial charge in [-0.2, -0.15) is 0 Å². The van der Waals surface area contributed by atoms with Crippen LogP contribution in [0.2, 0.25) is 0 Å². The van der Waals surface area contributed by atoms with Gasteiger partial charge in [-0.3, -0.25) is 0 Å². The van der Waals surface area contributed by atoms with Gasteiger partial charge in [-0.15, -0.1) is 0 Å². The number of rotatable bonds is 3. The van der Waals surface area contributed by atoms with Gasteiger partial charge in [0.05, 0.1) is 0 Å². The Balaban J connectivity index is 2.22. The van der Waals surface area contributed by atoms with Crippen molar-refractivity contribution in [3.63, 3.8) is 0 Å². The van der Waals surface area contributed by atoms with Gasteiger partial charge in [0, 0.05) is 37.4 Å². The Kier molecular flexibility index (Phi) is 4.25. The van der Waals surface area contributed by atoms with Gasteiger partial charge >= 0.3 is 0 Å². The molecule has 100 valence electrons. The minimum Gasteiger partial charge on any atom is -0.368 e. The zero-order chi connectivity index (χ0) is 13.1. The minimum atomic E-state index is 0.399. The molecule has 0 aliphatic carbocycles. The molecule has 0 bridgehead atoms. The van der Waals surface area contributed by atoms with Gasteiger partial charge in [0.25, 0.3) is 0 Å². The number of benzene rings is 1. The summed E-state index contributed by atoms with van der Waals surface area (Å²) >= 11 is 0. The first kappa shape index (κ1) is 13.4. The Morgan fingerprint density at radius 2 is 2.00 bits per heavy atom. The molecule has 2 unspecified atom stereocenters. The lowest BCUT2D eigenvalue weighted by Gasteiger charge is -2.40. The molecule has 0 amide bonds. The van der Waals surface area contributed by atoms with Gasteiger partial charge in [-0.25, -0.2) is 0 Å². The van der Waals surface area contributed by atoms with Crippen LogP contribution in [0.3, 0.4) is 0 Å². The lowest BCUT2D eigenvalue weighted by molar-refractivity contribution is 0.234. The zero-order valence-electron chi connectivity index (χ0n) is 12.0. The lowest BCUT2D eigenvalue weighted by atomic mass is 10.0. The van der Waals surface area contributed by atoms with E-state index in [4.69, 9.17) is 0 Å². The fourth-order valence-corrected chi connectivity index (χ4v) is 2.56. The van der Waals surface area contributed by atoms with Crippen LogP contribution in [0.25, 0.3) is 0 Å². The van der Waals surface area contributed by atoms with Crippen molar-refractivity contribution in [3.8, 4) is 0 Å². The van der Waals surface area contributed by atoms with E-state index in [9.17, 15) is 0 Å². The third-order valence-electron chi connectivity index (χ3n) is 4.14. The fourth-order valence-electron chi connectivity index (χ4n) is 2.56. The molecule has 18 heavy (non-hydrogen) atoms. The van der Waals surface area contributed by atoms with Crippen LogP contribution >= 0.6 is 0 Å². The van der Waals surface area contributed by atoms with Gasteiger partial charge in [0.2, 0.25) is 0 Å². The Morgan fingerprint density at radius 3 is 2.67 bits per heavy atom. The van der Waals surface area contributed by atoms with Crippen molar-refractivity contribution in [3.05, 3.63) is 29.8 Å². The van der Waals surface area contributed by atoms with E-state index in [-0.39, 0.29) is 0 Å². The predicted molar refractivity (Wildman–Crippen MR) is 78.2 cm³/mol. The maximum atomic E-state index is 3.34. The van der Waals surface area contributed by atoms with E-state index in [2.05, 4.69) is 60.3 Å². The number of piperazine rings is 1. The first-order valence-corrected chi connectivity index (χ1v) is 6.85. The van der Waals surface area contributed by atoms with E-state index in [1.54, 1.807) is 0 Å². The van der Waals surface area contributed by atoms with Crippen molar-refractivity contribution in [1.82, 2.24) is 10.2 Å². The van der Waals surface area contributed by atoms with E-state index >= 15 is 0 Å². The van der Waals surface area contributed by atoms with Crippen LogP contribution in [0.4, 0.5) is 5.69 Å². The molecule has 2 rings (SSSR count). The first-order valence-electron chi connectivity index (χ1n) is 6.85. The van der Waals surface area contributed by atoms with E-state index in [1.807, 2.05) is 7.05 Å². The Morgan fingerprint density at radius 1 is 1.28 bits per heavy atom. The van der Waals surface area contributed by atoms with E-state index in [1.165, 1.54) is 11.3 Å². The fraction of sp³-hybridized carbons (Fsp3) is 0.600. The molecule has 1 saturated heterocycles. The Bertz CT molecular complexity index is 391. The quantitative estimate of drug-likeness (QED) is 0.882. The lowest BCUT2D eigenvalue weighted by Crippen LogP contribution is -2.50. The predicted octanol–water partition coefficient (Wildman–Crippen LogP) is 2.11. The van der Waals surface area contributed by atoms with Crippen LogP contribution in [0.5, 0.6) is 0 Å². The maximum Gasteiger partial charge on any atom is 0.0415 e. The van der Waals surface area contributed by atoms with Crippen molar-refractivity contribution in [2.75, 3.05) is 38.6 Å². The number of likely N-dealkylation sites (N-methyl/N-ethyl adjacent to an activating group) is 1. The molecule has 2 atom stereocenters. The highest BCUT2D eigenvalue weighted by atomic mass is 15.3. The molecule has 0 aromatic heterocycles. The van der Waals surface area contributed by atoms with Crippen molar-refractivity contribution < 1.29 is 0 Å². The van der Waals surface area contributed by atoms with Gasteiger partial charge in [-0.05, 0) is 39.6 Å². The van der Waals surface area contributed by atoms with E-state index < -0.39 is 0 Å². The molecule has 1 aromatic carbocycles. The number of anilines is 1. The third kappa shape index (κ3) is 2.68. The van der Waals surface area contributed by atoms with Gasteiger partial charge in [0.15, 0.2) is 0 Å². The summed E-state index contributed by atoms with van der Waals surface area (Å²) in [4.78, 5) is 4.95. The van der Waals surface area contributed by atoms with Crippen molar-refractivity contribution in [2.45, 2.75) is 25.9 Å². The molecule has 1 aliphatic rings. The average Bonchev–Trinajstić information content (AvgIpc) is 2.41. The highest BCUT2D eigenvalue weighted by Gasteiger charge is 2.23. The molecule has 0 spiro atoms. The number of hydrogen-bond donors (Lipinski definition) is 1. The third-order valence-corrected chi connectivity index (χ3v) is 4.14. The van der Waals surface area contributed by atoms with Crippen LogP contribution in [-0.4, -0.2) is 44.7 Å². The van der Waals surface area contributed by atoms with Gasteiger partial charge in [-0.1, -0.05) is 18.2 Å². The Hall–Kier alpha value is -1.06. The standard InChI is InChI=1S/C15H25N3/c1-12-11-18(10-9-17(12)4)15-8-6-5-7-14(15)13(2)16-3/h5-8,12-13,16H,9-11H2,1-4H3. The molecule has 0 saturated carbocycles. The van der Waals surface area contributed by atoms with Crippen molar-refractivity contribution in [1.29, 1.82) is 0 Å². The van der Waals surface area contributed by atoms with Crippen molar-refractivity contribution in [2.24, 2.45) is 0 Å². The second-order valence-electron chi connectivity index (χ2n) is 5.34. The topological polar surface area (TPSA) is 18.5 Å². The molecule has 0 radical (unpaired) electrons. The van der Waals surface area contributed by atoms with E-state index in [0.29, 0.717) is 12.1 Å². The molecule has 3 nitrogen and oxygen atoms in total. The second kappa shape index (κ2) is 5.72. The van der Waals surface area contributed by atoms with Crippen LogP contribution in [-0.2, 0) is 0 Å². The molecular formula is C15H25N3. The highest BCUT2D eigenvalue weighted by Crippen LogP contribution is 2.27. The largest absolute Gasteiger partial charge is 0.368 e. The first-order chi connectivity index (χ1) is 8.63. The van der Waals surface area contributed by atoms with Crippen LogP contribution in [0, 0.1) is 0 Å². The summed E-state index contributed by atoms with van der Waals surface area (Å²) < 4.78 is 0. The Labute approximate surface area is 111 Å². The molecule has 1 aliphatic heterocycles. The summed E-state index contributed by atoms with van der Waals surface area (Å²) in [6, 6.07) is 9.78. The van der Waals surface area contributed by atoms with Crippen molar-refractivity contribution >= 4 is 5.69 Å². The summed E-state index contributed by atoms with van der Waals surface area (Å²) in [5.41, 5.74) is 2.79. The molecule has 3 heteroatoms. The van der Waals surface area contributed by atoms with Crippen LogP contribution in [0.1, 0.15) is 25.5 Å². The number of nitrogens with one attached hydrogen (secondary N) is 1. The zero-order valence-corrected chi connectivity index (χ0v) is 12.0. The van der Waals surface area contributed by atoms with E-state index in [0.717, 1.165) is 19.6 Å². The molecule has 1 heterocycles.